The zero-order valence-corrected chi connectivity index (χ0v) is 14.0. The number of aromatic hydroxyl groups is 1. The highest BCUT2D eigenvalue weighted by molar-refractivity contribution is 9.10. The Kier molecular flexibility index (Phi) is 4.86. The van der Waals surface area contributed by atoms with E-state index in [1.54, 1.807) is 23.6 Å². The van der Waals surface area contributed by atoms with Gasteiger partial charge in [-0.05, 0) is 39.5 Å². The first-order valence-corrected chi connectivity index (χ1v) is 8.75. The Morgan fingerprint density at radius 3 is 2.81 bits per heavy atom. The quantitative estimate of drug-likeness (QED) is 0.606. The molecule has 2 aromatic rings. The summed E-state index contributed by atoms with van der Waals surface area (Å²) in [4.78, 5) is 2.10. The standard InChI is InChI=1S/C12H11BrN2O4S2/c1-19-9-5-4-8(11(13)12(9)16)7-14-15-21(17,18)10-3-2-6-20-10/h2-7,15-16H,1H3/b14-7+. The second kappa shape index (κ2) is 6.46. The van der Waals surface area contributed by atoms with Gasteiger partial charge in [0.15, 0.2) is 11.5 Å². The average molecular weight is 391 g/mol. The van der Waals surface area contributed by atoms with Gasteiger partial charge < -0.3 is 9.84 Å². The van der Waals surface area contributed by atoms with Crippen molar-refractivity contribution in [3.05, 3.63) is 39.7 Å². The van der Waals surface area contributed by atoms with Gasteiger partial charge in [-0.25, -0.2) is 0 Å². The van der Waals surface area contributed by atoms with E-state index in [9.17, 15) is 13.5 Å². The van der Waals surface area contributed by atoms with Gasteiger partial charge in [0.2, 0.25) is 0 Å². The highest BCUT2D eigenvalue weighted by Gasteiger charge is 2.14. The fraction of sp³-hybridized carbons (Fsp3) is 0.0833. The Balaban J connectivity index is 2.18. The molecule has 6 nitrogen and oxygen atoms in total. The number of nitrogens with one attached hydrogen (secondary N) is 1. The number of thiophene rings is 1. The lowest BCUT2D eigenvalue weighted by Crippen LogP contribution is -2.17. The van der Waals surface area contributed by atoms with Gasteiger partial charge in [-0.15, -0.1) is 11.3 Å². The van der Waals surface area contributed by atoms with E-state index in [0.717, 1.165) is 11.3 Å². The van der Waals surface area contributed by atoms with Crippen LogP contribution in [-0.4, -0.2) is 26.8 Å². The van der Waals surface area contributed by atoms with E-state index in [1.165, 1.54) is 19.4 Å². The van der Waals surface area contributed by atoms with Gasteiger partial charge in [-0.1, -0.05) is 6.07 Å². The Labute approximate surface area is 134 Å². The molecule has 0 bridgehead atoms. The third-order valence-electron chi connectivity index (χ3n) is 2.47. The molecule has 21 heavy (non-hydrogen) atoms. The van der Waals surface area contributed by atoms with Crippen molar-refractivity contribution < 1.29 is 18.3 Å². The van der Waals surface area contributed by atoms with Crippen LogP contribution in [0, 0.1) is 0 Å². The van der Waals surface area contributed by atoms with Crippen molar-refractivity contribution in [2.24, 2.45) is 5.10 Å². The Morgan fingerprint density at radius 2 is 2.19 bits per heavy atom. The molecule has 1 aromatic heterocycles. The fourth-order valence-corrected chi connectivity index (χ4v) is 3.66. The number of phenols is 1. The predicted octanol–water partition coefficient (Wildman–Crippen LogP) is 2.54. The van der Waals surface area contributed by atoms with Crippen LogP contribution < -0.4 is 9.57 Å². The lowest BCUT2D eigenvalue weighted by molar-refractivity contribution is 0.372. The van der Waals surface area contributed by atoms with Crippen molar-refractivity contribution >= 4 is 43.5 Å². The summed E-state index contributed by atoms with van der Waals surface area (Å²) in [5, 5.41) is 15.2. The minimum Gasteiger partial charge on any atom is -0.503 e. The monoisotopic (exact) mass is 390 g/mol. The molecule has 0 unspecified atom stereocenters. The molecule has 0 spiro atoms. The van der Waals surface area contributed by atoms with E-state index >= 15 is 0 Å². The fourth-order valence-electron chi connectivity index (χ4n) is 1.45. The largest absolute Gasteiger partial charge is 0.503 e. The van der Waals surface area contributed by atoms with E-state index in [-0.39, 0.29) is 9.96 Å². The van der Waals surface area contributed by atoms with Crippen LogP contribution in [0.1, 0.15) is 5.56 Å². The molecule has 112 valence electrons. The molecule has 1 aromatic carbocycles. The normalized spacial score (nSPS) is 11.7. The summed E-state index contributed by atoms with van der Waals surface area (Å²) in [5.41, 5.74) is 0.502. The molecule has 2 rings (SSSR count). The first kappa shape index (κ1) is 15.8. The maximum atomic E-state index is 11.8. The maximum Gasteiger partial charge on any atom is 0.286 e. The van der Waals surface area contributed by atoms with Crippen LogP contribution in [0.5, 0.6) is 11.5 Å². The van der Waals surface area contributed by atoms with Crippen molar-refractivity contribution in [3.8, 4) is 11.5 Å². The summed E-state index contributed by atoms with van der Waals surface area (Å²) in [6.07, 6.45) is 1.29. The third-order valence-corrected chi connectivity index (χ3v) is 5.92. The van der Waals surface area contributed by atoms with Gasteiger partial charge in [0.05, 0.1) is 17.8 Å². The molecular formula is C12H11BrN2O4S2. The molecule has 0 aliphatic rings. The first-order valence-electron chi connectivity index (χ1n) is 5.59. The number of sulfonamides is 1. The first-order chi connectivity index (χ1) is 9.95. The number of hydrogen-bond donors (Lipinski definition) is 2. The number of phenolic OH excluding ortho intramolecular Hbond substituents is 1. The molecule has 1 heterocycles. The molecule has 2 N–H and O–H groups in total. The number of methoxy groups -OCH3 is 1. The number of nitrogens with zero attached hydrogens (tertiary/aromatic N) is 1. The summed E-state index contributed by atoms with van der Waals surface area (Å²) in [6.45, 7) is 0. The van der Waals surface area contributed by atoms with Crippen LogP contribution in [-0.2, 0) is 10.0 Å². The number of ether oxygens (including phenoxy) is 1. The van der Waals surface area contributed by atoms with E-state index in [1.807, 2.05) is 0 Å². The number of hydrogen-bond acceptors (Lipinski definition) is 6. The van der Waals surface area contributed by atoms with E-state index in [4.69, 9.17) is 4.74 Å². The second-order valence-electron chi connectivity index (χ2n) is 3.80. The van der Waals surface area contributed by atoms with Crippen LogP contribution >= 0.6 is 27.3 Å². The van der Waals surface area contributed by atoms with Crippen LogP contribution in [0.4, 0.5) is 0 Å². The minimum absolute atomic E-state index is 0.0810. The van der Waals surface area contributed by atoms with Gasteiger partial charge in [-0.3, -0.25) is 0 Å². The third kappa shape index (κ3) is 3.55. The summed E-state index contributed by atoms with van der Waals surface area (Å²) < 4.78 is 29.2. The Bertz CT molecular complexity index is 758. The molecule has 0 radical (unpaired) electrons. The van der Waals surface area contributed by atoms with Crippen molar-refractivity contribution in [2.45, 2.75) is 4.21 Å². The highest BCUT2D eigenvalue weighted by Crippen LogP contribution is 2.35. The van der Waals surface area contributed by atoms with Crippen molar-refractivity contribution in [1.29, 1.82) is 0 Å². The summed E-state index contributed by atoms with van der Waals surface area (Å²) in [5.74, 6) is 0.223. The summed E-state index contributed by atoms with van der Waals surface area (Å²) in [7, 11) is -2.22. The number of hydrazone groups is 1. The van der Waals surface area contributed by atoms with Gasteiger partial charge in [0.25, 0.3) is 10.0 Å². The maximum absolute atomic E-state index is 11.8. The zero-order valence-electron chi connectivity index (χ0n) is 10.8. The minimum atomic E-state index is -3.65. The van der Waals surface area contributed by atoms with Gasteiger partial charge in [-0.2, -0.15) is 18.4 Å². The second-order valence-corrected chi connectivity index (χ2v) is 7.43. The summed E-state index contributed by atoms with van der Waals surface area (Å²) >= 11 is 4.29. The summed E-state index contributed by atoms with van der Waals surface area (Å²) in [6, 6.07) is 6.31. The molecule has 0 atom stereocenters. The number of benzene rings is 1. The zero-order chi connectivity index (χ0) is 15.5. The average Bonchev–Trinajstić information content (AvgIpc) is 2.98. The molecule has 0 aliphatic heterocycles. The van der Waals surface area contributed by atoms with Gasteiger partial charge in [0, 0.05) is 5.56 Å². The number of halogens is 1. The van der Waals surface area contributed by atoms with Crippen molar-refractivity contribution in [3.63, 3.8) is 0 Å². The van der Waals surface area contributed by atoms with E-state index < -0.39 is 10.0 Å². The van der Waals surface area contributed by atoms with Crippen molar-refractivity contribution in [1.82, 2.24) is 4.83 Å². The van der Waals surface area contributed by atoms with Crippen molar-refractivity contribution in [2.75, 3.05) is 7.11 Å². The predicted molar refractivity (Wildman–Crippen MR) is 84.6 cm³/mol. The Hall–Kier alpha value is -1.58. The molecule has 0 fully saturated rings. The van der Waals surface area contributed by atoms with E-state index in [2.05, 4.69) is 25.9 Å². The number of rotatable bonds is 5. The highest BCUT2D eigenvalue weighted by atomic mass is 79.9. The smallest absolute Gasteiger partial charge is 0.286 e. The van der Waals surface area contributed by atoms with Crippen LogP contribution in [0.15, 0.2) is 43.4 Å². The van der Waals surface area contributed by atoms with Crippen LogP contribution in [0.25, 0.3) is 0 Å². The van der Waals surface area contributed by atoms with Gasteiger partial charge >= 0.3 is 0 Å². The molecule has 0 saturated heterocycles. The molecule has 9 heteroatoms. The van der Waals surface area contributed by atoms with E-state index in [0.29, 0.717) is 15.8 Å². The molecular weight excluding hydrogens is 380 g/mol. The SMILES string of the molecule is COc1ccc(/C=N/NS(=O)(=O)c2cccs2)c(Br)c1O. The molecule has 0 aliphatic carbocycles. The Morgan fingerprint density at radius 1 is 1.43 bits per heavy atom. The lowest BCUT2D eigenvalue weighted by atomic mass is 10.2. The van der Waals surface area contributed by atoms with Crippen LogP contribution in [0.2, 0.25) is 0 Å². The van der Waals surface area contributed by atoms with Gasteiger partial charge in [0.1, 0.15) is 4.21 Å². The van der Waals surface area contributed by atoms with Crippen LogP contribution in [0.3, 0.4) is 0 Å². The topological polar surface area (TPSA) is 88.0 Å². The molecule has 0 saturated carbocycles. The lowest BCUT2D eigenvalue weighted by Gasteiger charge is -2.07. The molecule has 0 amide bonds.